The van der Waals surface area contributed by atoms with E-state index < -0.39 is 16.0 Å². The minimum atomic E-state index is -4.00. The third-order valence-electron chi connectivity index (χ3n) is 6.68. The molecule has 37 heavy (non-hydrogen) atoms. The summed E-state index contributed by atoms with van der Waals surface area (Å²) < 4.78 is 33.4. The van der Waals surface area contributed by atoms with E-state index in [1.54, 1.807) is 30.3 Å². The highest BCUT2D eigenvalue weighted by Crippen LogP contribution is 2.38. The van der Waals surface area contributed by atoms with E-state index in [1.807, 2.05) is 55.5 Å². The van der Waals surface area contributed by atoms with E-state index in [1.165, 1.54) is 7.11 Å². The van der Waals surface area contributed by atoms with Crippen LogP contribution in [0.3, 0.4) is 0 Å². The molecule has 0 aliphatic heterocycles. The fourth-order valence-electron chi connectivity index (χ4n) is 4.73. The zero-order valence-electron chi connectivity index (χ0n) is 20.6. The van der Waals surface area contributed by atoms with E-state index in [4.69, 9.17) is 4.74 Å². The smallest absolute Gasteiger partial charge is 0.355 e. The number of rotatable bonds is 6. The zero-order chi connectivity index (χ0) is 26.2. The van der Waals surface area contributed by atoms with E-state index in [0.717, 1.165) is 42.9 Å². The Morgan fingerprint density at radius 3 is 2.38 bits per heavy atom. The van der Waals surface area contributed by atoms with Crippen molar-refractivity contribution in [1.29, 1.82) is 0 Å². The molecule has 7 heteroatoms. The standard InChI is InChI=1S/C30H27NO5S/c1-20-6-13-26(14-7-20)37(34,35)31-28-15-12-25(27(28)18-29(31)30(33)36-2)17-22-4-3-5-24(16-22)23-10-8-21(19-32)9-11-23/h3-11,13-14,16-18,32H,12,15,19H2,1-2H3. The van der Waals surface area contributed by atoms with E-state index >= 15 is 0 Å². The monoisotopic (exact) mass is 513 g/mol. The van der Waals surface area contributed by atoms with Crippen molar-refractivity contribution in [2.45, 2.75) is 31.3 Å². The Hall–Kier alpha value is -3.94. The molecule has 0 saturated heterocycles. The Morgan fingerprint density at radius 1 is 0.973 bits per heavy atom. The Bertz CT molecular complexity index is 1610. The average Bonchev–Trinajstić information content (AvgIpc) is 3.49. The molecular weight excluding hydrogens is 486 g/mol. The van der Waals surface area contributed by atoms with Crippen LogP contribution in [0, 0.1) is 6.92 Å². The number of hydrogen-bond donors (Lipinski definition) is 1. The number of fused-ring (bicyclic) bond motifs is 1. The van der Waals surface area contributed by atoms with Gasteiger partial charge in [0, 0.05) is 11.3 Å². The number of aliphatic hydroxyl groups excluding tert-OH is 1. The van der Waals surface area contributed by atoms with Gasteiger partial charge in [-0.25, -0.2) is 17.2 Å². The molecule has 1 aliphatic carbocycles. The van der Waals surface area contributed by atoms with Crippen molar-refractivity contribution >= 4 is 27.6 Å². The largest absolute Gasteiger partial charge is 0.464 e. The summed E-state index contributed by atoms with van der Waals surface area (Å²) in [5, 5.41) is 9.30. The van der Waals surface area contributed by atoms with Gasteiger partial charge >= 0.3 is 5.97 Å². The molecular formula is C30H27NO5S. The van der Waals surface area contributed by atoms with Gasteiger partial charge in [0.2, 0.25) is 0 Å². The third-order valence-corrected chi connectivity index (χ3v) is 8.45. The van der Waals surface area contributed by atoms with Crippen LogP contribution in [0.4, 0.5) is 0 Å². The maximum Gasteiger partial charge on any atom is 0.355 e. The second-order valence-electron chi connectivity index (χ2n) is 9.11. The number of aromatic nitrogens is 1. The Labute approximate surface area is 216 Å². The molecule has 0 fully saturated rings. The number of nitrogens with zero attached hydrogens (tertiary/aromatic N) is 1. The molecule has 0 bridgehead atoms. The second-order valence-corrected chi connectivity index (χ2v) is 10.9. The first-order chi connectivity index (χ1) is 17.8. The van der Waals surface area contributed by atoms with E-state index in [-0.39, 0.29) is 17.2 Å². The first kappa shape index (κ1) is 24.7. The molecule has 1 N–H and O–H groups in total. The van der Waals surface area contributed by atoms with Crippen LogP contribution in [0.25, 0.3) is 22.8 Å². The Kier molecular flexibility index (Phi) is 6.58. The summed E-state index contributed by atoms with van der Waals surface area (Å²) >= 11 is 0. The molecule has 188 valence electrons. The second kappa shape index (κ2) is 9.84. The molecule has 1 aliphatic rings. The van der Waals surface area contributed by atoms with Crippen molar-refractivity contribution in [3.63, 3.8) is 0 Å². The topological polar surface area (TPSA) is 85.6 Å². The molecule has 4 aromatic rings. The van der Waals surface area contributed by atoms with Crippen LogP contribution in [0.5, 0.6) is 0 Å². The summed E-state index contributed by atoms with van der Waals surface area (Å²) in [5.41, 5.74) is 7.13. The number of aliphatic hydroxyl groups is 1. The van der Waals surface area contributed by atoms with Gasteiger partial charge in [-0.3, -0.25) is 0 Å². The minimum Gasteiger partial charge on any atom is -0.464 e. The number of aryl methyl sites for hydroxylation is 1. The Balaban J connectivity index is 1.57. The van der Waals surface area contributed by atoms with Crippen molar-refractivity contribution in [1.82, 2.24) is 3.97 Å². The number of benzene rings is 3. The first-order valence-electron chi connectivity index (χ1n) is 12.0. The molecule has 0 spiro atoms. The summed E-state index contributed by atoms with van der Waals surface area (Å²) in [6.07, 6.45) is 3.19. The fourth-order valence-corrected chi connectivity index (χ4v) is 6.29. The van der Waals surface area contributed by atoms with Gasteiger partial charge in [-0.1, -0.05) is 66.2 Å². The van der Waals surface area contributed by atoms with E-state index in [0.29, 0.717) is 18.5 Å². The summed E-state index contributed by atoms with van der Waals surface area (Å²) in [6, 6.07) is 24.0. The molecule has 6 nitrogen and oxygen atoms in total. The predicted molar refractivity (Wildman–Crippen MR) is 144 cm³/mol. The van der Waals surface area contributed by atoms with Crippen molar-refractivity contribution in [3.05, 3.63) is 113 Å². The summed E-state index contributed by atoms with van der Waals surface area (Å²) in [7, 11) is -2.75. The molecule has 5 rings (SSSR count). The van der Waals surface area contributed by atoms with Crippen molar-refractivity contribution in [3.8, 4) is 11.1 Å². The van der Waals surface area contributed by atoms with Gasteiger partial charge in [0.25, 0.3) is 10.0 Å². The Morgan fingerprint density at radius 2 is 1.70 bits per heavy atom. The molecule has 0 saturated carbocycles. The predicted octanol–water partition coefficient (Wildman–Crippen LogP) is 5.47. The lowest BCUT2D eigenvalue weighted by Crippen LogP contribution is -2.21. The van der Waals surface area contributed by atoms with Gasteiger partial charge in [0.15, 0.2) is 0 Å². The lowest BCUT2D eigenvalue weighted by Gasteiger charge is -2.12. The highest BCUT2D eigenvalue weighted by atomic mass is 32.2. The number of carbonyl (C=O) groups is 1. The van der Waals surface area contributed by atoms with Crippen LogP contribution in [0.15, 0.2) is 83.8 Å². The number of ether oxygens (including phenoxy) is 1. The lowest BCUT2D eigenvalue weighted by molar-refractivity contribution is 0.0592. The molecule has 0 unspecified atom stereocenters. The summed E-state index contributed by atoms with van der Waals surface area (Å²) in [5.74, 6) is -0.697. The van der Waals surface area contributed by atoms with Crippen LogP contribution < -0.4 is 0 Å². The van der Waals surface area contributed by atoms with Gasteiger partial charge in [0.05, 0.1) is 18.6 Å². The van der Waals surface area contributed by atoms with E-state index in [9.17, 15) is 18.3 Å². The number of allylic oxidation sites excluding steroid dienone is 1. The van der Waals surface area contributed by atoms with Gasteiger partial charge in [-0.2, -0.15) is 0 Å². The maximum atomic E-state index is 13.6. The zero-order valence-corrected chi connectivity index (χ0v) is 21.5. The van der Waals surface area contributed by atoms with Crippen LogP contribution in [0.1, 0.15) is 44.9 Å². The van der Waals surface area contributed by atoms with Gasteiger partial charge in [-0.05, 0) is 71.9 Å². The normalized spacial score (nSPS) is 14.1. The average molecular weight is 514 g/mol. The number of hydrogen-bond acceptors (Lipinski definition) is 5. The van der Waals surface area contributed by atoms with Crippen LogP contribution in [-0.4, -0.2) is 30.6 Å². The van der Waals surface area contributed by atoms with Crippen molar-refractivity contribution < 1.29 is 23.1 Å². The van der Waals surface area contributed by atoms with Crippen molar-refractivity contribution in [2.24, 2.45) is 0 Å². The van der Waals surface area contributed by atoms with Crippen LogP contribution >= 0.6 is 0 Å². The quantitative estimate of drug-likeness (QED) is 0.346. The SMILES string of the molecule is COC(=O)c1cc2c(n1S(=O)(=O)c1ccc(C)cc1)CCC2=Cc1cccc(-c2ccc(CO)cc2)c1. The molecule has 1 aromatic heterocycles. The molecule has 0 amide bonds. The molecule has 1 heterocycles. The van der Waals surface area contributed by atoms with Gasteiger partial charge < -0.3 is 9.84 Å². The lowest BCUT2D eigenvalue weighted by atomic mass is 10.00. The fraction of sp³-hybridized carbons (Fsp3) is 0.167. The summed E-state index contributed by atoms with van der Waals surface area (Å²) in [6.45, 7) is 1.89. The molecule has 0 atom stereocenters. The third kappa shape index (κ3) is 4.63. The van der Waals surface area contributed by atoms with Crippen LogP contribution in [-0.2, 0) is 27.8 Å². The molecule has 3 aromatic carbocycles. The van der Waals surface area contributed by atoms with Gasteiger partial charge in [-0.15, -0.1) is 0 Å². The maximum absolute atomic E-state index is 13.6. The highest BCUT2D eigenvalue weighted by Gasteiger charge is 2.33. The van der Waals surface area contributed by atoms with Crippen LogP contribution in [0.2, 0.25) is 0 Å². The minimum absolute atomic E-state index is 0.00158. The number of esters is 1. The molecule has 0 radical (unpaired) electrons. The number of methoxy groups -OCH3 is 1. The van der Waals surface area contributed by atoms with Gasteiger partial charge in [0.1, 0.15) is 5.69 Å². The van der Waals surface area contributed by atoms with Crippen molar-refractivity contribution in [2.75, 3.05) is 7.11 Å². The highest BCUT2D eigenvalue weighted by molar-refractivity contribution is 7.90. The first-order valence-corrected chi connectivity index (χ1v) is 13.4. The number of carbonyl (C=O) groups excluding carboxylic acids is 1. The van der Waals surface area contributed by atoms with E-state index in [2.05, 4.69) is 6.07 Å². The summed E-state index contributed by atoms with van der Waals surface area (Å²) in [4.78, 5) is 12.8.